The fourth-order valence-corrected chi connectivity index (χ4v) is 3.86. The molecule has 0 unspecified atom stereocenters. The van der Waals surface area contributed by atoms with E-state index in [1.807, 2.05) is 66.1 Å². The van der Waals surface area contributed by atoms with E-state index in [-0.39, 0.29) is 11.7 Å². The van der Waals surface area contributed by atoms with Gasteiger partial charge in [0, 0.05) is 18.3 Å². The summed E-state index contributed by atoms with van der Waals surface area (Å²) in [5, 5.41) is 12.2. The van der Waals surface area contributed by atoms with Crippen LogP contribution in [-0.4, -0.2) is 38.0 Å². The van der Waals surface area contributed by atoms with Crippen molar-refractivity contribution >= 4 is 17.7 Å². The smallest absolute Gasteiger partial charge is 0.230 e. The standard InChI is InChI=1S/C23H23N5O3S/c1-2-30-22-18(10-6-12-24-22)14-25-20(29)16-32-23-27-26-21(19-11-7-13-31-19)28(23)15-17-8-4-3-5-9-17/h3-13H,2,14-16H2,1H3,(H,25,29). The average molecular weight is 450 g/mol. The van der Waals surface area contributed by atoms with Crippen molar-refractivity contribution in [1.29, 1.82) is 0 Å². The van der Waals surface area contributed by atoms with Crippen LogP contribution in [0.5, 0.6) is 5.88 Å². The molecule has 164 valence electrons. The molecule has 0 fully saturated rings. The summed E-state index contributed by atoms with van der Waals surface area (Å²) in [6.07, 6.45) is 3.27. The van der Waals surface area contributed by atoms with Gasteiger partial charge in [0.2, 0.25) is 17.6 Å². The van der Waals surface area contributed by atoms with Gasteiger partial charge in [0.15, 0.2) is 10.9 Å². The molecule has 0 atom stereocenters. The Morgan fingerprint density at radius 1 is 1.12 bits per heavy atom. The number of nitrogens with zero attached hydrogens (tertiary/aromatic N) is 4. The predicted octanol–water partition coefficient (Wildman–Crippen LogP) is 3.79. The van der Waals surface area contributed by atoms with Gasteiger partial charge in [-0.05, 0) is 30.7 Å². The Bertz CT molecular complexity index is 1150. The number of aromatic nitrogens is 4. The van der Waals surface area contributed by atoms with Crippen molar-refractivity contribution in [1.82, 2.24) is 25.1 Å². The van der Waals surface area contributed by atoms with Crippen molar-refractivity contribution in [2.75, 3.05) is 12.4 Å². The van der Waals surface area contributed by atoms with E-state index < -0.39 is 0 Å². The first kappa shape index (κ1) is 21.6. The minimum atomic E-state index is -0.116. The third-order valence-electron chi connectivity index (χ3n) is 4.58. The third kappa shape index (κ3) is 5.36. The summed E-state index contributed by atoms with van der Waals surface area (Å²) in [6, 6.07) is 17.4. The minimum Gasteiger partial charge on any atom is -0.478 e. The number of rotatable bonds is 10. The number of carbonyl (C=O) groups excluding carboxylic acids is 1. The highest BCUT2D eigenvalue weighted by Crippen LogP contribution is 2.25. The zero-order valence-corrected chi connectivity index (χ0v) is 18.4. The zero-order chi connectivity index (χ0) is 22.2. The molecule has 4 rings (SSSR count). The number of pyridine rings is 1. The third-order valence-corrected chi connectivity index (χ3v) is 5.55. The van der Waals surface area contributed by atoms with Crippen LogP contribution in [-0.2, 0) is 17.9 Å². The molecule has 3 aromatic heterocycles. The molecule has 3 heterocycles. The van der Waals surface area contributed by atoms with Gasteiger partial charge in [0.05, 0.1) is 25.2 Å². The highest BCUT2D eigenvalue weighted by atomic mass is 32.2. The number of benzene rings is 1. The molecule has 0 radical (unpaired) electrons. The van der Waals surface area contributed by atoms with E-state index in [9.17, 15) is 4.79 Å². The van der Waals surface area contributed by atoms with Crippen LogP contribution in [0.1, 0.15) is 18.1 Å². The van der Waals surface area contributed by atoms with Crippen LogP contribution >= 0.6 is 11.8 Å². The lowest BCUT2D eigenvalue weighted by Gasteiger charge is -2.11. The Morgan fingerprint density at radius 2 is 2.00 bits per heavy atom. The van der Waals surface area contributed by atoms with E-state index in [1.54, 1.807) is 12.5 Å². The largest absolute Gasteiger partial charge is 0.478 e. The second-order valence-corrected chi connectivity index (χ2v) is 7.76. The van der Waals surface area contributed by atoms with Gasteiger partial charge in [0.25, 0.3) is 0 Å². The molecule has 0 saturated carbocycles. The van der Waals surface area contributed by atoms with Gasteiger partial charge in [0.1, 0.15) is 0 Å². The first-order valence-corrected chi connectivity index (χ1v) is 11.2. The Labute approximate surface area is 190 Å². The molecule has 4 aromatic rings. The lowest BCUT2D eigenvalue weighted by Crippen LogP contribution is -2.25. The summed E-state index contributed by atoms with van der Waals surface area (Å²) in [5.74, 6) is 1.88. The Hall–Kier alpha value is -3.59. The van der Waals surface area contributed by atoms with Crippen molar-refractivity contribution in [3.63, 3.8) is 0 Å². The van der Waals surface area contributed by atoms with E-state index in [0.29, 0.717) is 42.3 Å². The first-order valence-electron chi connectivity index (χ1n) is 10.2. The van der Waals surface area contributed by atoms with Crippen LogP contribution in [0.25, 0.3) is 11.6 Å². The number of hydrogen-bond donors (Lipinski definition) is 1. The van der Waals surface area contributed by atoms with Crippen molar-refractivity contribution in [2.24, 2.45) is 0 Å². The van der Waals surface area contributed by atoms with E-state index in [1.165, 1.54) is 11.8 Å². The second kappa shape index (κ2) is 10.6. The maximum Gasteiger partial charge on any atom is 0.230 e. The van der Waals surface area contributed by atoms with Crippen molar-refractivity contribution in [3.8, 4) is 17.5 Å². The summed E-state index contributed by atoms with van der Waals surface area (Å²) >= 11 is 1.33. The Balaban J connectivity index is 1.43. The van der Waals surface area contributed by atoms with Crippen LogP contribution in [0.4, 0.5) is 0 Å². The van der Waals surface area contributed by atoms with Crippen molar-refractivity contribution in [2.45, 2.75) is 25.2 Å². The summed E-state index contributed by atoms with van der Waals surface area (Å²) in [5.41, 5.74) is 1.94. The summed E-state index contributed by atoms with van der Waals surface area (Å²) in [6.45, 7) is 3.33. The molecule has 0 spiro atoms. The molecule has 9 heteroatoms. The fourth-order valence-electron chi connectivity index (χ4n) is 3.09. The van der Waals surface area contributed by atoms with Crippen LogP contribution in [0.3, 0.4) is 0 Å². The topological polar surface area (TPSA) is 95.1 Å². The lowest BCUT2D eigenvalue weighted by atomic mass is 10.2. The fraction of sp³-hybridized carbons (Fsp3) is 0.217. The van der Waals surface area contributed by atoms with Gasteiger partial charge in [-0.3, -0.25) is 9.36 Å². The van der Waals surface area contributed by atoms with E-state index in [2.05, 4.69) is 20.5 Å². The van der Waals surface area contributed by atoms with Gasteiger partial charge in [-0.25, -0.2) is 4.98 Å². The highest BCUT2D eigenvalue weighted by molar-refractivity contribution is 7.99. The Kier molecular flexibility index (Phi) is 7.19. The molecule has 0 aliphatic carbocycles. The van der Waals surface area contributed by atoms with E-state index >= 15 is 0 Å². The van der Waals surface area contributed by atoms with Crippen molar-refractivity contribution in [3.05, 3.63) is 78.2 Å². The molecule has 8 nitrogen and oxygen atoms in total. The SMILES string of the molecule is CCOc1ncccc1CNC(=O)CSc1nnc(-c2ccco2)n1Cc1ccccc1. The second-order valence-electron chi connectivity index (χ2n) is 6.82. The molecule has 0 aliphatic heterocycles. The molecule has 0 bridgehead atoms. The molecule has 0 aliphatic rings. The number of amides is 1. The normalized spacial score (nSPS) is 10.8. The Morgan fingerprint density at radius 3 is 2.78 bits per heavy atom. The van der Waals surface area contributed by atoms with Crippen LogP contribution in [0.2, 0.25) is 0 Å². The van der Waals surface area contributed by atoms with Crippen LogP contribution in [0.15, 0.2) is 76.6 Å². The number of nitrogens with one attached hydrogen (secondary N) is 1. The maximum atomic E-state index is 12.5. The lowest BCUT2D eigenvalue weighted by molar-refractivity contribution is -0.118. The summed E-state index contributed by atoms with van der Waals surface area (Å²) < 4.78 is 13.0. The molecule has 0 saturated heterocycles. The predicted molar refractivity (Wildman–Crippen MR) is 121 cm³/mol. The minimum absolute atomic E-state index is 0.116. The molecule has 1 N–H and O–H groups in total. The zero-order valence-electron chi connectivity index (χ0n) is 17.6. The van der Waals surface area contributed by atoms with Gasteiger partial charge >= 0.3 is 0 Å². The number of carbonyl (C=O) groups is 1. The molecule has 1 aromatic carbocycles. The summed E-state index contributed by atoms with van der Waals surface area (Å²) in [4.78, 5) is 16.7. The van der Waals surface area contributed by atoms with Crippen LogP contribution in [0, 0.1) is 0 Å². The quantitative estimate of drug-likeness (QED) is 0.368. The van der Waals surface area contributed by atoms with E-state index in [4.69, 9.17) is 9.15 Å². The van der Waals surface area contributed by atoms with E-state index in [0.717, 1.165) is 11.1 Å². The highest BCUT2D eigenvalue weighted by Gasteiger charge is 2.18. The van der Waals surface area contributed by atoms with Gasteiger partial charge in [-0.1, -0.05) is 48.2 Å². The van der Waals surface area contributed by atoms with Gasteiger partial charge < -0.3 is 14.5 Å². The number of hydrogen-bond acceptors (Lipinski definition) is 7. The van der Waals surface area contributed by atoms with Gasteiger partial charge in [-0.2, -0.15) is 0 Å². The van der Waals surface area contributed by atoms with Crippen molar-refractivity contribution < 1.29 is 13.9 Å². The van der Waals surface area contributed by atoms with Gasteiger partial charge in [-0.15, -0.1) is 10.2 Å². The average Bonchev–Trinajstić information content (AvgIpc) is 3.48. The molecule has 1 amide bonds. The number of thioether (sulfide) groups is 1. The molecule has 32 heavy (non-hydrogen) atoms. The summed E-state index contributed by atoms with van der Waals surface area (Å²) in [7, 11) is 0. The monoisotopic (exact) mass is 449 g/mol. The molecular formula is C23H23N5O3S. The first-order chi connectivity index (χ1) is 15.7. The maximum absolute atomic E-state index is 12.5. The number of ether oxygens (including phenoxy) is 1. The van der Waals surface area contributed by atoms with Crippen LogP contribution < -0.4 is 10.1 Å². The molecular weight excluding hydrogens is 426 g/mol. The number of furan rings is 1.